The third kappa shape index (κ3) is 3.78. The van der Waals surface area contributed by atoms with Crippen molar-refractivity contribution in [1.82, 2.24) is 4.98 Å². The Labute approximate surface area is 131 Å². The van der Waals surface area contributed by atoms with Gasteiger partial charge < -0.3 is 4.74 Å². The van der Waals surface area contributed by atoms with Crippen LogP contribution in [0, 0.1) is 10.1 Å². The van der Waals surface area contributed by atoms with Crippen molar-refractivity contribution in [2.45, 2.75) is 26.2 Å². The van der Waals surface area contributed by atoms with Gasteiger partial charge in [0.25, 0.3) is 5.88 Å². The predicted molar refractivity (Wildman–Crippen MR) is 83.8 cm³/mol. The minimum atomic E-state index is -0.517. The Morgan fingerprint density at radius 2 is 1.86 bits per heavy atom. The van der Waals surface area contributed by atoms with Crippen LogP contribution in [-0.2, 0) is 5.41 Å². The SMILES string of the molecule is CC(C)(C)c1ccc(Oc2ncc(Br)cc2[N+](=O)[O-])cc1. The van der Waals surface area contributed by atoms with E-state index in [1.54, 1.807) is 12.1 Å². The number of nitrogens with zero attached hydrogens (tertiary/aromatic N) is 2. The van der Waals surface area contributed by atoms with E-state index >= 15 is 0 Å². The molecule has 2 aromatic rings. The standard InChI is InChI=1S/C15H15BrN2O3/c1-15(2,3)10-4-6-12(7-5-10)21-14-13(18(19)20)8-11(16)9-17-14/h4-9H,1-3H3. The Kier molecular flexibility index (Phi) is 4.27. The quantitative estimate of drug-likeness (QED) is 0.586. The van der Waals surface area contributed by atoms with Crippen molar-refractivity contribution in [3.63, 3.8) is 0 Å². The topological polar surface area (TPSA) is 65.3 Å². The molecule has 6 heteroatoms. The molecule has 0 saturated heterocycles. The maximum absolute atomic E-state index is 11.0. The van der Waals surface area contributed by atoms with Crippen molar-refractivity contribution in [2.24, 2.45) is 0 Å². The van der Waals surface area contributed by atoms with Gasteiger partial charge in [0, 0.05) is 16.7 Å². The van der Waals surface area contributed by atoms with E-state index in [2.05, 4.69) is 41.7 Å². The first kappa shape index (κ1) is 15.4. The van der Waals surface area contributed by atoms with Gasteiger partial charge in [-0.1, -0.05) is 32.9 Å². The Hall–Kier alpha value is -1.95. The zero-order valence-corrected chi connectivity index (χ0v) is 13.5. The number of aromatic nitrogens is 1. The van der Waals surface area contributed by atoms with E-state index in [4.69, 9.17) is 4.74 Å². The lowest BCUT2D eigenvalue weighted by atomic mass is 9.87. The molecule has 21 heavy (non-hydrogen) atoms. The highest BCUT2D eigenvalue weighted by molar-refractivity contribution is 9.10. The first-order valence-corrected chi connectivity index (χ1v) is 7.15. The molecule has 0 atom stereocenters. The van der Waals surface area contributed by atoms with Gasteiger partial charge in [-0.25, -0.2) is 4.98 Å². The van der Waals surface area contributed by atoms with Gasteiger partial charge in [-0.15, -0.1) is 0 Å². The molecule has 0 aliphatic carbocycles. The van der Waals surface area contributed by atoms with Gasteiger partial charge in [-0.05, 0) is 39.0 Å². The Morgan fingerprint density at radius 1 is 1.24 bits per heavy atom. The van der Waals surface area contributed by atoms with Crippen LogP contribution >= 0.6 is 15.9 Å². The van der Waals surface area contributed by atoms with Crippen molar-refractivity contribution in [3.05, 3.63) is 56.7 Å². The first-order valence-electron chi connectivity index (χ1n) is 6.36. The smallest absolute Gasteiger partial charge is 0.332 e. The molecule has 0 spiro atoms. The van der Waals surface area contributed by atoms with E-state index in [1.807, 2.05) is 12.1 Å². The summed E-state index contributed by atoms with van der Waals surface area (Å²) in [6, 6.07) is 8.83. The summed E-state index contributed by atoms with van der Waals surface area (Å²) in [6.07, 6.45) is 1.46. The molecule has 0 aliphatic heterocycles. The lowest BCUT2D eigenvalue weighted by Gasteiger charge is -2.19. The number of hydrogen-bond donors (Lipinski definition) is 0. The second-order valence-corrected chi connectivity index (χ2v) is 6.53. The maximum Gasteiger partial charge on any atom is 0.332 e. The van der Waals surface area contributed by atoms with Gasteiger partial charge in [-0.2, -0.15) is 0 Å². The molecule has 0 unspecified atom stereocenters. The molecule has 110 valence electrons. The van der Waals surface area contributed by atoms with Crippen LogP contribution in [0.2, 0.25) is 0 Å². The van der Waals surface area contributed by atoms with Crippen LogP contribution in [0.3, 0.4) is 0 Å². The number of rotatable bonds is 3. The van der Waals surface area contributed by atoms with Crippen molar-refractivity contribution >= 4 is 21.6 Å². The molecule has 1 aromatic carbocycles. The van der Waals surface area contributed by atoms with Crippen LogP contribution in [-0.4, -0.2) is 9.91 Å². The molecule has 2 rings (SSSR count). The molecule has 0 bridgehead atoms. The summed E-state index contributed by atoms with van der Waals surface area (Å²) in [7, 11) is 0. The fraction of sp³-hybridized carbons (Fsp3) is 0.267. The molecule has 1 heterocycles. The second-order valence-electron chi connectivity index (χ2n) is 5.61. The van der Waals surface area contributed by atoms with Crippen LogP contribution in [0.1, 0.15) is 26.3 Å². The van der Waals surface area contributed by atoms with Crippen molar-refractivity contribution in [1.29, 1.82) is 0 Å². The van der Waals surface area contributed by atoms with E-state index in [0.717, 1.165) is 5.56 Å². The Balaban J connectivity index is 2.28. The number of hydrogen-bond acceptors (Lipinski definition) is 4. The van der Waals surface area contributed by atoms with E-state index in [9.17, 15) is 10.1 Å². The normalized spacial score (nSPS) is 11.2. The number of benzene rings is 1. The van der Waals surface area contributed by atoms with Crippen LogP contribution in [0.4, 0.5) is 5.69 Å². The van der Waals surface area contributed by atoms with Gasteiger partial charge in [-0.3, -0.25) is 10.1 Å². The maximum atomic E-state index is 11.0. The second kappa shape index (κ2) is 5.81. The van der Waals surface area contributed by atoms with Crippen LogP contribution in [0.5, 0.6) is 11.6 Å². The third-order valence-electron chi connectivity index (χ3n) is 2.93. The van der Waals surface area contributed by atoms with Crippen LogP contribution < -0.4 is 4.74 Å². The van der Waals surface area contributed by atoms with E-state index in [-0.39, 0.29) is 17.0 Å². The average Bonchev–Trinajstić information content (AvgIpc) is 2.40. The summed E-state index contributed by atoms with van der Waals surface area (Å²) in [5, 5.41) is 11.0. The monoisotopic (exact) mass is 350 g/mol. The highest BCUT2D eigenvalue weighted by Gasteiger charge is 2.19. The first-order chi connectivity index (χ1) is 9.77. The number of ether oxygens (including phenoxy) is 1. The van der Waals surface area contributed by atoms with Crippen LogP contribution in [0.15, 0.2) is 41.0 Å². The molecule has 0 fully saturated rings. The molecule has 0 radical (unpaired) electrons. The lowest BCUT2D eigenvalue weighted by Crippen LogP contribution is -2.10. The molecular formula is C15H15BrN2O3. The van der Waals surface area contributed by atoms with E-state index < -0.39 is 4.92 Å². The summed E-state index contributed by atoms with van der Waals surface area (Å²) in [5.74, 6) is 0.493. The molecule has 0 aliphatic rings. The largest absolute Gasteiger partial charge is 0.434 e. The molecule has 0 saturated carbocycles. The minimum absolute atomic E-state index is 0.0216. The highest BCUT2D eigenvalue weighted by Crippen LogP contribution is 2.32. The van der Waals surface area contributed by atoms with Crippen molar-refractivity contribution in [3.8, 4) is 11.6 Å². The zero-order valence-electron chi connectivity index (χ0n) is 12.0. The Morgan fingerprint density at radius 3 is 2.38 bits per heavy atom. The molecule has 1 aromatic heterocycles. The van der Waals surface area contributed by atoms with Gasteiger partial charge in [0.15, 0.2) is 0 Å². The van der Waals surface area contributed by atoms with E-state index in [0.29, 0.717) is 10.2 Å². The molecule has 0 N–H and O–H groups in total. The zero-order chi connectivity index (χ0) is 15.6. The van der Waals surface area contributed by atoms with Crippen LogP contribution in [0.25, 0.3) is 0 Å². The summed E-state index contributed by atoms with van der Waals surface area (Å²) in [4.78, 5) is 14.5. The fourth-order valence-corrected chi connectivity index (χ4v) is 2.08. The summed E-state index contributed by atoms with van der Waals surface area (Å²) < 4.78 is 6.05. The predicted octanol–water partition coefficient (Wildman–Crippen LogP) is 4.84. The minimum Gasteiger partial charge on any atom is -0.434 e. The van der Waals surface area contributed by atoms with Gasteiger partial charge in [0.1, 0.15) is 5.75 Å². The van der Waals surface area contributed by atoms with Crippen molar-refractivity contribution in [2.75, 3.05) is 0 Å². The molecule has 0 amide bonds. The average molecular weight is 351 g/mol. The van der Waals surface area contributed by atoms with Gasteiger partial charge in [0.2, 0.25) is 0 Å². The molecule has 5 nitrogen and oxygen atoms in total. The Bertz CT molecular complexity index is 664. The summed E-state index contributed by atoms with van der Waals surface area (Å²) in [6.45, 7) is 6.35. The third-order valence-corrected chi connectivity index (χ3v) is 3.36. The summed E-state index contributed by atoms with van der Waals surface area (Å²) in [5.41, 5.74) is 1.03. The number of nitro groups is 1. The summed E-state index contributed by atoms with van der Waals surface area (Å²) >= 11 is 3.16. The number of pyridine rings is 1. The van der Waals surface area contributed by atoms with Gasteiger partial charge >= 0.3 is 5.69 Å². The van der Waals surface area contributed by atoms with Crippen molar-refractivity contribution < 1.29 is 9.66 Å². The fourth-order valence-electron chi connectivity index (χ4n) is 1.76. The van der Waals surface area contributed by atoms with E-state index in [1.165, 1.54) is 12.3 Å². The molecular weight excluding hydrogens is 336 g/mol. The number of halogens is 1. The lowest BCUT2D eigenvalue weighted by molar-refractivity contribution is -0.386. The highest BCUT2D eigenvalue weighted by atomic mass is 79.9. The van der Waals surface area contributed by atoms with Gasteiger partial charge in [0.05, 0.1) is 4.92 Å².